The molecule has 2 heterocycles. The molecule has 1 atom stereocenters. The summed E-state index contributed by atoms with van der Waals surface area (Å²) >= 11 is 1.59. The third-order valence-corrected chi connectivity index (χ3v) is 3.44. The number of hydrogen-bond acceptors (Lipinski definition) is 5. The molecule has 1 fully saturated rings. The van der Waals surface area contributed by atoms with Crippen LogP contribution in [0.4, 0.5) is 5.13 Å². The number of nitrogens with one attached hydrogen (secondary N) is 1. The zero-order valence-electron chi connectivity index (χ0n) is 8.36. The topological polar surface area (TPSA) is 54.2 Å². The monoisotopic (exact) mass is 212 g/mol. The van der Waals surface area contributed by atoms with E-state index in [1.165, 1.54) is 17.8 Å². The van der Waals surface area contributed by atoms with E-state index in [9.17, 15) is 0 Å². The zero-order valence-corrected chi connectivity index (χ0v) is 9.18. The van der Waals surface area contributed by atoms with Gasteiger partial charge in [-0.05, 0) is 13.5 Å². The van der Waals surface area contributed by atoms with Gasteiger partial charge in [-0.3, -0.25) is 4.90 Å². The number of thiazole rings is 1. The molecule has 0 saturated carbocycles. The van der Waals surface area contributed by atoms with Gasteiger partial charge >= 0.3 is 0 Å². The van der Waals surface area contributed by atoms with Crippen molar-refractivity contribution in [1.82, 2.24) is 15.2 Å². The van der Waals surface area contributed by atoms with Gasteiger partial charge in [0.2, 0.25) is 0 Å². The van der Waals surface area contributed by atoms with E-state index in [1.807, 2.05) is 13.2 Å². The summed E-state index contributed by atoms with van der Waals surface area (Å²) in [6, 6.07) is 0.653. The van der Waals surface area contributed by atoms with Crippen LogP contribution in [0, 0.1) is 0 Å². The Morgan fingerprint density at radius 1 is 1.79 bits per heavy atom. The van der Waals surface area contributed by atoms with E-state index in [0.717, 1.165) is 13.1 Å². The molecule has 0 radical (unpaired) electrons. The Balaban J connectivity index is 1.87. The van der Waals surface area contributed by atoms with Crippen LogP contribution in [0.25, 0.3) is 0 Å². The van der Waals surface area contributed by atoms with E-state index in [2.05, 4.69) is 15.2 Å². The highest BCUT2D eigenvalue weighted by Crippen LogP contribution is 2.19. The molecule has 1 aliphatic heterocycles. The molecule has 2 rings (SSSR count). The van der Waals surface area contributed by atoms with Gasteiger partial charge in [-0.15, -0.1) is 11.3 Å². The maximum atomic E-state index is 5.58. The Bertz CT molecular complexity index is 299. The lowest BCUT2D eigenvalue weighted by atomic mass is 10.3. The molecule has 78 valence electrons. The number of likely N-dealkylation sites (tertiary alicyclic amines) is 1. The van der Waals surface area contributed by atoms with Gasteiger partial charge in [0.15, 0.2) is 5.13 Å². The van der Waals surface area contributed by atoms with E-state index >= 15 is 0 Å². The number of hydrogen-bond donors (Lipinski definition) is 2. The Kier molecular flexibility index (Phi) is 3.00. The second-order valence-electron chi connectivity index (χ2n) is 3.67. The summed E-state index contributed by atoms with van der Waals surface area (Å²) < 4.78 is 0. The van der Waals surface area contributed by atoms with Crippen LogP contribution < -0.4 is 11.1 Å². The number of nitrogens with zero attached hydrogens (tertiary/aromatic N) is 2. The highest BCUT2D eigenvalue weighted by molar-refractivity contribution is 7.15. The van der Waals surface area contributed by atoms with Crippen LogP contribution >= 0.6 is 11.3 Å². The summed E-state index contributed by atoms with van der Waals surface area (Å²) in [5, 5.41) is 3.98. The number of rotatable bonds is 3. The highest BCUT2D eigenvalue weighted by Gasteiger charge is 2.21. The molecule has 1 aromatic heterocycles. The molecule has 1 aliphatic rings. The van der Waals surface area contributed by atoms with Crippen molar-refractivity contribution < 1.29 is 0 Å². The number of anilines is 1. The normalized spacial score (nSPS) is 23.1. The lowest BCUT2D eigenvalue weighted by Gasteiger charge is -2.13. The van der Waals surface area contributed by atoms with Crippen molar-refractivity contribution >= 4 is 16.5 Å². The third-order valence-electron chi connectivity index (χ3n) is 2.63. The average molecular weight is 212 g/mol. The molecule has 0 bridgehead atoms. The van der Waals surface area contributed by atoms with Crippen LogP contribution in [0.3, 0.4) is 0 Å². The molecule has 0 spiro atoms. The van der Waals surface area contributed by atoms with E-state index in [0.29, 0.717) is 11.2 Å². The van der Waals surface area contributed by atoms with Crippen molar-refractivity contribution in [2.45, 2.75) is 19.0 Å². The van der Waals surface area contributed by atoms with Crippen LogP contribution in [0.5, 0.6) is 0 Å². The standard InChI is InChI=1S/C9H16N4S/c1-11-7-2-3-13(5-7)6-8-4-12-9(10)14-8/h4,7,11H,2-3,5-6H2,1H3,(H2,10,12). The minimum Gasteiger partial charge on any atom is -0.375 e. The first kappa shape index (κ1) is 9.89. The summed E-state index contributed by atoms with van der Waals surface area (Å²) in [5.74, 6) is 0. The predicted molar refractivity (Wildman–Crippen MR) is 59.3 cm³/mol. The molecule has 5 heteroatoms. The molecule has 1 unspecified atom stereocenters. The van der Waals surface area contributed by atoms with Crippen molar-refractivity contribution in [3.8, 4) is 0 Å². The van der Waals surface area contributed by atoms with Crippen molar-refractivity contribution in [3.05, 3.63) is 11.1 Å². The first-order valence-electron chi connectivity index (χ1n) is 4.87. The van der Waals surface area contributed by atoms with Crippen molar-refractivity contribution in [1.29, 1.82) is 0 Å². The minimum atomic E-state index is 0.653. The summed E-state index contributed by atoms with van der Waals surface area (Å²) in [6.07, 6.45) is 3.12. The van der Waals surface area contributed by atoms with Gasteiger partial charge in [0.1, 0.15) is 0 Å². The number of nitrogens with two attached hydrogens (primary N) is 1. The Morgan fingerprint density at radius 2 is 2.64 bits per heavy atom. The van der Waals surface area contributed by atoms with Crippen molar-refractivity contribution in [3.63, 3.8) is 0 Å². The second kappa shape index (κ2) is 4.25. The van der Waals surface area contributed by atoms with E-state index in [4.69, 9.17) is 5.73 Å². The lowest BCUT2D eigenvalue weighted by Crippen LogP contribution is -2.29. The largest absolute Gasteiger partial charge is 0.375 e. The Hall–Kier alpha value is -0.650. The van der Waals surface area contributed by atoms with Gasteiger partial charge in [0.05, 0.1) is 0 Å². The molecular weight excluding hydrogens is 196 g/mol. The van der Waals surface area contributed by atoms with Gasteiger partial charge in [0, 0.05) is 36.8 Å². The van der Waals surface area contributed by atoms with Crippen molar-refractivity contribution in [2.75, 3.05) is 25.9 Å². The highest BCUT2D eigenvalue weighted by atomic mass is 32.1. The second-order valence-corrected chi connectivity index (χ2v) is 4.82. The number of aromatic nitrogens is 1. The van der Waals surface area contributed by atoms with Crippen LogP contribution in [0.2, 0.25) is 0 Å². The van der Waals surface area contributed by atoms with Crippen LogP contribution in [0.15, 0.2) is 6.20 Å². The smallest absolute Gasteiger partial charge is 0.180 e. The van der Waals surface area contributed by atoms with E-state index < -0.39 is 0 Å². The van der Waals surface area contributed by atoms with Gasteiger partial charge in [-0.2, -0.15) is 0 Å². The Labute approximate surface area is 88.1 Å². The first-order valence-corrected chi connectivity index (χ1v) is 5.69. The molecule has 1 saturated heterocycles. The number of nitrogen functional groups attached to an aromatic ring is 1. The predicted octanol–water partition coefficient (Wildman–Crippen LogP) is 0.519. The average Bonchev–Trinajstić information content (AvgIpc) is 2.76. The van der Waals surface area contributed by atoms with Crippen LogP contribution in [-0.4, -0.2) is 36.1 Å². The summed E-state index contributed by atoms with van der Waals surface area (Å²) in [4.78, 5) is 7.75. The molecule has 1 aromatic rings. The zero-order chi connectivity index (χ0) is 9.97. The molecule has 0 aliphatic carbocycles. The molecule has 14 heavy (non-hydrogen) atoms. The third kappa shape index (κ3) is 2.23. The fourth-order valence-corrected chi connectivity index (χ4v) is 2.55. The maximum Gasteiger partial charge on any atom is 0.180 e. The van der Waals surface area contributed by atoms with E-state index in [-0.39, 0.29) is 0 Å². The maximum absolute atomic E-state index is 5.58. The van der Waals surface area contributed by atoms with Gasteiger partial charge < -0.3 is 11.1 Å². The molecule has 0 amide bonds. The molecule has 3 N–H and O–H groups in total. The summed E-state index contributed by atoms with van der Waals surface area (Å²) in [6.45, 7) is 3.30. The van der Waals surface area contributed by atoms with Crippen LogP contribution in [-0.2, 0) is 6.54 Å². The molecule has 4 nitrogen and oxygen atoms in total. The van der Waals surface area contributed by atoms with Gasteiger partial charge in [-0.1, -0.05) is 0 Å². The molecule has 0 aromatic carbocycles. The molecular formula is C9H16N4S. The number of likely N-dealkylation sites (N-methyl/N-ethyl adjacent to an activating group) is 1. The Morgan fingerprint density at radius 3 is 3.21 bits per heavy atom. The van der Waals surface area contributed by atoms with Gasteiger partial charge in [-0.25, -0.2) is 4.98 Å². The SMILES string of the molecule is CNC1CCN(Cc2cnc(N)s2)C1. The fraction of sp³-hybridized carbons (Fsp3) is 0.667. The lowest BCUT2D eigenvalue weighted by molar-refractivity contribution is 0.325. The van der Waals surface area contributed by atoms with Gasteiger partial charge in [0.25, 0.3) is 0 Å². The summed E-state index contributed by atoms with van der Waals surface area (Å²) in [5.41, 5.74) is 5.58. The minimum absolute atomic E-state index is 0.653. The van der Waals surface area contributed by atoms with Crippen molar-refractivity contribution in [2.24, 2.45) is 0 Å². The summed E-state index contributed by atoms with van der Waals surface area (Å²) in [7, 11) is 2.03. The fourth-order valence-electron chi connectivity index (χ4n) is 1.83. The quantitative estimate of drug-likeness (QED) is 0.767. The van der Waals surface area contributed by atoms with E-state index in [1.54, 1.807) is 11.3 Å². The first-order chi connectivity index (χ1) is 6.78. The van der Waals surface area contributed by atoms with Crippen LogP contribution in [0.1, 0.15) is 11.3 Å².